The van der Waals surface area contributed by atoms with Gasteiger partial charge in [0.25, 0.3) is 0 Å². The number of anilines is 1. The molecule has 1 nitrogen and oxygen atoms in total. The van der Waals surface area contributed by atoms with Crippen molar-refractivity contribution in [2.75, 3.05) is 5.32 Å². The van der Waals surface area contributed by atoms with Crippen LogP contribution in [0, 0.1) is 0 Å². The molecule has 0 aliphatic carbocycles. The van der Waals surface area contributed by atoms with E-state index >= 15 is 0 Å². The lowest BCUT2D eigenvalue weighted by Crippen LogP contribution is -2.26. The van der Waals surface area contributed by atoms with Gasteiger partial charge in [0.15, 0.2) is 0 Å². The van der Waals surface area contributed by atoms with Gasteiger partial charge in [-0.25, -0.2) is 0 Å². The average molecular weight is 308 g/mol. The number of nitrogens with one attached hydrogen (secondary N) is 1. The molecule has 0 radical (unpaired) electrons. The first-order chi connectivity index (χ1) is 7.91. The van der Waals surface area contributed by atoms with Crippen molar-refractivity contribution in [3.05, 3.63) is 29.3 Å². The van der Waals surface area contributed by atoms with Gasteiger partial charge in [-0.05, 0) is 36.6 Å². The molecule has 94 valence electrons. The van der Waals surface area contributed by atoms with E-state index in [1.54, 1.807) is 0 Å². The summed E-state index contributed by atoms with van der Waals surface area (Å²) in [6, 6.07) is 4.20. The van der Waals surface area contributed by atoms with Crippen LogP contribution in [0.25, 0.3) is 0 Å². The van der Waals surface area contributed by atoms with Crippen molar-refractivity contribution in [3.8, 4) is 0 Å². The number of fused-ring (bicyclic) bond motifs is 1. The highest BCUT2D eigenvalue weighted by atomic mass is 79.9. The normalized spacial score (nSPS) is 24.1. The summed E-state index contributed by atoms with van der Waals surface area (Å²) in [5, 5.41) is 3.26. The summed E-state index contributed by atoms with van der Waals surface area (Å²) in [5.74, 6) is 0. The number of halogens is 4. The number of hydrogen-bond donors (Lipinski definition) is 1. The van der Waals surface area contributed by atoms with E-state index in [0.717, 1.165) is 24.6 Å². The summed E-state index contributed by atoms with van der Waals surface area (Å²) >= 11 is 3.46. The Labute approximate surface area is 107 Å². The van der Waals surface area contributed by atoms with Gasteiger partial charge in [0.1, 0.15) is 0 Å². The molecule has 2 atom stereocenters. The molecule has 1 aliphatic rings. The van der Waals surface area contributed by atoms with Crippen LogP contribution in [0.5, 0.6) is 0 Å². The number of rotatable bonds is 1. The molecule has 5 heteroatoms. The van der Waals surface area contributed by atoms with E-state index in [1.807, 2.05) is 0 Å². The van der Waals surface area contributed by atoms with Crippen LogP contribution in [0.4, 0.5) is 18.9 Å². The molecular weight excluding hydrogens is 295 g/mol. The molecule has 0 aromatic heterocycles. The molecule has 0 saturated carbocycles. The minimum absolute atomic E-state index is 0.00833. The van der Waals surface area contributed by atoms with Crippen LogP contribution in [0.1, 0.15) is 35.7 Å². The lowest BCUT2D eigenvalue weighted by atomic mass is 9.95. The lowest BCUT2D eigenvalue weighted by Gasteiger charge is -2.30. The summed E-state index contributed by atoms with van der Waals surface area (Å²) in [6.07, 6.45) is -2.50. The molecule has 1 aliphatic heterocycles. The molecule has 1 N–H and O–H groups in total. The number of alkyl halides is 4. The van der Waals surface area contributed by atoms with Gasteiger partial charge in [-0.2, -0.15) is 13.2 Å². The van der Waals surface area contributed by atoms with Crippen LogP contribution in [0.3, 0.4) is 0 Å². The second kappa shape index (κ2) is 4.52. The molecule has 0 saturated heterocycles. The van der Waals surface area contributed by atoms with Crippen LogP contribution >= 0.6 is 15.9 Å². The Morgan fingerprint density at radius 1 is 1.41 bits per heavy atom. The quantitative estimate of drug-likeness (QED) is 0.739. The molecule has 17 heavy (non-hydrogen) atoms. The third-order valence-corrected chi connectivity index (χ3v) is 3.93. The van der Waals surface area contributed by atoms with E-state index in [4.69, 9.17) is 0 Å². The Morgan fingerprint density at radius 3 is 2.71 bits per heavy atom. The highest BCUT2D eigenvalue weighted by molar-refractivity contribution is 9.09. The molecule has 0 bridgehead atoms. The SMILES string of the molecule is CC[C@@H]1CC(Br)c2cc(C(F)(F)F)ccc2N1. The predicted octanol–water partition coefficient (Wildman–Crippen LogP) is 4.74. The van der Waals surface area contributed by atoms with Crippen LogP contribution < -0.4 is 5.32 Å². The van der Waals surface area contributed by atoms with E-state index in [-0.39, 0.29) is 4.83 Å². The van der Waals surface area contributed by atoms with Gasteiger partial charge >= 0.3 is 6.18 Å². The van der Waals surface area contributed by atoms with Crippen LogP contribution in [0.15, 0.2) is 18.2 Å². The van der Waals surface area contributed by atoms with Crippen molar-refractivity contribution in [1.29, 1.82) is 0 Å². The monoisotopic (exact) mass is 307 g/mol. The average Bonchev–Trinajstić information content (AvgIpc) is 2.27. The van der Waals surface area contributed by atoms with Crippen LogP contribution in [-0.2, 0) is 6.18 Å². The van der Waals surface area contributed by atoms with Crippen molar-refractivity contribution in [1.82, 2.24) is 0 Å². The molecule has 0 spiro atoms. The van der Waals surface area contributed by atoms with Gasteiger partial charge in [0, 0.05) is 16.6 Å². The van der Waals surface area contributed by atoms with Gasteiger partial charge in [-0.1, -0.05) is 22.9 Å². The summed E-state index contributed by atoms with van der Waals surface area (Å²) in [7, 11) is 0. The Kier molecular flexibility index (Phi) is 3.39. The number of hydrogen-bond acceptors (Lipinski definition) is 1. The van der Waals surface area contributed by atoms with Crippen molar-refractivity contribution in [3.63, 3.8) is 0 Å². The minimum atomic E-state index is -4.27. The maximum atomic E-state index is 12.6. The summed E-state index contributed by atoms with van der Waals surface area (Å²) in [4.78, 5) is -0.00833. The van der Waals surface area contributed by atoms with Crippen molar-refractivity contribution >= 4 is 21.6 Å². The van der Waals surface area contributed by atoms with Crippen LogP contribution in [-0.4, -0.2) is 6.04 Å². The van der Waals surface area contributed by atoms with Crippen LogP contribution in [0.2, 0.25) is 0 Å². The van der Waals surface area contributed by atoms with E-state index < -0.39 is 11.7 Å². The second-order valence-electron chi connectivity index (χ2n) is 4.25. The molecular formula is C12H13BrF3N. The maximum Gasteiger partial charge on any atom is 0.416 e. The van der Waals surface area contributed by atoms with Gasteiger partial charge in [-0.3, -0.25) is 0 Å². The topological polar surface area (TPSA) is 12.0 Å². The third-order valence-electron chi connectivity index (χ3n) is 3.06. The fraction of sp³-hybridized carbons (Fsp3) is 0.500. The standard InChI is InChI=1S/C12H13BrF3N/c1-2-8-6-10(13)9-5-7(12(14,15)16)3-4-11(9)17-8/h3-5,8,10,17H,2,6H2,1H3/t8-,10?/m1/s1. The lowest BCUT2D eigenvalue weighted by molar-refractivity contribution is -0.137. The van der Waals surface area contributed by atoms with Gasteiger partial charge in [-0.15, -0.1) is 0 Å². The fourth-order valence-electron chi connectivity index (χ4n) is 2.05. The second-order valence-corrected chi connectivity index (χ2v) is 5.36. The predicted molar refractivity (Wildman–Crippen MR) is 65.4 cm³/mol. The largest absolute Gasteiger partial charge is 0.416 e. The van der Waals surface area contributed by atoms with E-state index in [2.05, 4.69) is 28.2 Å². The first-order valence-corrected chi connectivity index (χ1v) is 6.45. The van der Waals surface area contributed by atoms with E-state index in [0.29, 0.717) is 11.6 Å². The molecule has 1 aromatic rings. The van der Waals surface area contributed by atoms with Gasteiger partial charge in [0.05, 0.1) is 5.56 Å². The Morgan fingerprint density at radius 2 is 2.12 bits per heavy atom. The van der Waals surface area contributed by atoms with Crippen molar-refractivity contribution < 1.29 is 13.2 Å². The maximum absolute atomic E-state index is 12.6. The first-order valence-electron chi connectivity index (χ1n) is 5.53. The fourth-order valence-corrected chi connectivity index (χ4v) is 2.88. The Balaban J connectivity index is 2.37. The summed E-state index contributed by atoms with van der Waals surface area (Å²) in [5.41, 5.74) is 0.917. The molecule has 1 unspecified atom stereocenters. The molecule has 2 rings (SSSR count). The summed E-state index contributed by atoms with van der Waals surface area (Å²) < 4.78 is 37.8. The molecule has 1 heterocycles. The molecule has 1 aromatic carbocycles. The number of benzene rings is 1. The Hall–Kier alpha value is -0.710. The van der Waals surface area contributed by atoms with E-state index in [1.165, 1.54) is 12.1 Å². The zero-order valence-corrected chi connectivity index (χ0v) is 10.9. The zero-order chi connectivity index (χ0) is 12.6. The highest BCUT2D eigenvalue weighted by Gasteiger charge is 2.33. The van der Waals surface area contributed by atoms with Gasteiger partial charge in [0.2, 0.25) is 0 Å². The summed E-state index contributed by atoms with van der Waals surface area (Å²) in [6.45, 7) is 2.06. The highest BCUT2D eigenvalue weighted by Crippen LogP contribution is 2.41. The minimum Gasteiger partial charge on any atom is -0.382 e. The van der Waals surface area contributed by atoms with Gasteiger partial charge < -0.3 is 5.32 Å². The smallest absolute Gasteiger partial charge is 0.382 e. The van der Waals surface area contributed by atoms with E-state index in [9.17, 15) is 13.2 Å². The molecule has 0 fully saturated rings. The Bertz CT molecular complexity index is 417. The molecule has 0 amide bonds. The van der Waals surface area contributed by atoms with Crippen molar-refractivity contribution in [2.24, 2.45) is 0 Å². The zero-order valence-electron chi connectivity index (χ0n) is 9.31. The third kappa shape index (κ3) is 2.59. The first kappa shape index (κ1) is 12.7. The van der Waals surface area contributed by atoms with Crippen molar-refractivity contribution in [2.45, 2.75) is 36.8 Å².